The molecule has 28 heavy (non-hydrogen) atoms. The van der Waals surface area contributed by atoms with Crippen molar-refractivity contribution in [2.24, 2.45) is 0 Å². The second kappa shape index (κ2) is 8.44. The third kappa shape index (κ3) is 4.61. The van der Waals surface area contributed by atoms with E-state index in [2.05, 4.69) is 10.0 Å². The Morgan fingerprint density at radius 2 is 2.07 bits per heavy atom. The summed E-state index contributed by atoms with van der Waals surface area (Å²) < 4.78 is 51.3. The maximum absolute atomic E-state index is 13.2. The van der Waals surface area contributed by atoms with Crippen LogP contribution in [0.25, 0.3) is 0 Å². The van der Waals surface area contributed by atoms with Crippen LogP contribution in [0.2, 0.25) is 5.02 Å². The first-order chi connectivity index (χ1) is 13.3. The van der Waals surface area contributed by atoms with Crippen molar-refractivity contribution in [1.29, 1.82) is 0 Å². The van der Waals surface area contributed by atoms with Gasteiger partial charge in [-0.15, -0.1) is 0 Å². The smallest absolute Gasteiger partial charge is 0.259 e. The molecule has 0 radical (unpaired) electrons. The molecule has 10 heteroatoms. The van der Waals surface area contributed by atoms with Crippen LogP contribution in [0.4, 0.5) is 10.1 Å². The fourth-order valence-corrected chi connectivity index (χ4v) is 4.22. The number of amides is 1. The molecule has 1 aliphatic rings. The summed E-state index contributed by atoms with van der Waals surface area (Å²) in [5, 5.41) is 2.54. The number of halogens is 2. The van der Waals surface area contributed by atoms with Crippen molar-refractivity contribution >= 4 is 33.2 Å². The summed E-state index contributed by atoms with van der Waals surface area (Å²) in [6.07, 6.45) is 0.575. The molecule has 0 saturated carbocycles. The first kappa shape index (κ1) is 20.5. The molecule has 150 valence electrons. The number of hydrogen-bond donors (Lipinski definition) is 2. The van der Waals surface area contributed by atoms with Gasteiger partial charge >= 0.3 is 0 Å². The Morgan fingerprint density at radius 1 is 1.29 bits per heavy atom. The number of hydrogen-bond acceptors (Lipinski definition) is 5. The van der Waals surface area contributed by atoms with Crippen LogP contribution in [0.5, 0.6) is 5.75 Å². The van der Waals surface area contributed by atoms with E-state index in [4.69, 9.17) is 21.1 Å². The topological polar surface area (TPSA) is 93.7 Å². The van der Waals surface area contributed by atoms with Crippen molar-refractivity contribution in [3.8, 4) is 5.75 Å². The van der Waals surface area contributed by atoms with E-state index in [0.29, 0.717) is 19.6 Å². The molecule has 1 amide bonds. The molecule has 1 saturated heterocycles. The van der Waals surface area contributed by atoms with Crippen molar-refractivity contribution in [2.45, 2.75) is 17.4 Å². The molecule has 3 rings (SSSR count). The monoisotopic (exact) mass is 428 g/mol. The number of nitrogens with one attached hydrogen (secondary N) is 2. The number of ether oxygens (including phenoxy) is 2. The molecule has 2 aromatic rings. The zero-order valence-corrected chi connectivity index (χ0v) is 16.4. The van der Waals surface area contributed by atoms with Gasteiger partial charge in [0.25, 0.3) is 5.91 Å². The van der Waals surface area contributed by atoms with Crippen LogP contribution in [0.3, 0.4) is 0 Å². The lowest BCUT2D eigenvalue weighted by molar-refractivity contribution is 0.102. The van der Waals surface area contributed by atoms with Gasteiger partial charge < -0.3 is 14.8 Å². The lowest BCUT2D eigenvalue weighted by Crippen LogP contribution is -2.35. The van der Waals surface area contributed by atoms with Gasteiger partial charge in [-0.3, -0.25) is 4.79 Å². The number of anilines is 1. The van der Waals surface area contributed by atoms with E-state index in [1.165, 1.54) is 31.4 Å². The molecule has 1 heterocycles. The highest BCUT2D eigenvalue weighted by molar-refractivity contribution is 7.89. The number of carbonyl (C=O) groups excluding carboxylic acids is 1. The van der Waals surface area contributed by atoms with Gasteiger partial charge in [0.2, 0.25) is 10.0 Å². The molecule has 1 fully saturated rings. The zero-order valence-electron chi connectivity index (χ0n) is 14.9. The van der Waals surface area contributed by atoms with Crippen LogP contribution in [0.15, 0.2) is 41.3 Å². The van der Waals surface area contributed by atoms with E-state index in [1.54, 1.807) is 0 Å². The Balaban J connectivity index is 1.88. The lowest BCUT2D eigenvalue weighted by Gasteiger charge is -2.14. The van der Waals surface area contributed by atoms with E-state index in [9.17, 15) is 17.6 Å². The number of benzene rings is 2. The highest BCUT2D eigenvalue weighted by Crippen LogP contribution is 2.27. The van der Waals surface area contributed by atoms with Gasteiger partial charge in [0.1, 0.15) is 11.6 Å². The van der Waals surface area contributed by atoms with Crippen LogP contribution in [-0.4, -0.2) is 40.7 Å². The number of sulfonamides is 1. The fourth-order valence-electron chi connectivity index (χ4n) is 2.73. The average Bonchev–Trinajstić information content (AvgIpc) is 3.15. The summed E-state index contributed by atoms with van der Waals surface area (Å²) in [6, 6.07) is 7.14. The Hall–Kier alpha value is -2.20. The Labute approximate surface area is 166 Å². The zero-order chi connectivity index (χ0) is 20.3. The minimum Gasteiger partial charge on any atom is -0.496 e. The highest BCUT2D eigenvalue weighted by Gasteiger charge is 2.25. The third-order valence-electron chi connectivity index (χ3n) is 4.16. The van der Waals surface area contributed by atoms with Crippen LogP contribution in [0, 0.1) is 5.82 Å². The van der Waals surface area contributed by atoms with E-state index in [1.807, 2.05) is 0 Å². The van der Waals surface area contributed by atoms with Crippen molar-refractivity contribution in [2.75, 3.05) is 25.6 Å². The SMILES string of the molecule is COc1ccc(S(=O)(=O)NC2CCOC2)cc1C(=O)Nc1ccc(F)cc1Cl. The molecule has 0 aliphatic carbocycles. The van der Waals surface area contributed by atoms with Crippen LogP contribution in [-0.2, 0) is 14.8 Å². The van der Waals surface area contributed by atoms with Crippen molar-refractivity contribution in [3.05, 3.63) is 52.8 Å². The average molecular weight is 429 g/mol. The van der Waals surface area contributed by atoms with Crippen LogP contribution < -0.4 is 14.8 Å². The summed E-state index contributed by atoms with van der Waals surface area (Å²) in [5.41, 5.74) is 0.179. The predicted octanol–water partition coefficient (Wildman–Crippen LogP) is 2.81. The first-order valence-electron chi connectivity index (χ1n) is 8.34. The third-order valence-corrected chi connectivity index (χ3v) is 5.99. The van der Waals surface area contributed by atoms with E-state index < -0.39 is 21.7 Å². The standard InChI is InChI=1S/C18H18ClFN2O5S/c1-26-17-5-3-13(28(24,25)22-12-6-7-27-10-12)9-14(17)18(23)21-16-4-2-11(20)8-15(16)19/h2-5,8-9,12,22H,6-7,10H2,1H3,(H,21,23). The van der Waals surface area contributed by atoms with Gasteiger partial charge in [0, 0.05) is 12.6 Å². The maximum atomic E-state index is 13.2. The predicted molar refractivity (Wildman–Crippen MR) is 102 cm³/mol. The number of carbonyl (C=O) groups is 1. The van der Waals surface area contributed by atoms with Gasteiger partial charge in [-0.1, -0.05) is 11.6 Å². The molecule has 2 aromatic carbocycles. The normalized spacial score (nSPS) is 16.8. The molecule has 1 aliphatic heterocycles. The Kier molecular flexibility index (Phi) is 6.19. The molecular weight excluding hydrogens is 411 g/mol. The molecule has 2 N–H and O–H groups in total. The summed E-state index contributed by atoms with van der Waals surface area (Å²) in [5.74, 6) is -1.01. The van der Waals surface area contributed by atoms with Crippen LogP contribution >= 0.6 is 11.6 Å². The second-order valence-corrected chi connectivity index (χ2v) is 8.24. The summed E-state index contributed by atoms with van der Waals surface area (Å²) in [6.45, 7) is 0.785. The number of methoxy groups -OCH3 is 1. The van der Waals surface area contributed by atoms with Gasteiger partial charge in [-0.05, 0) is 42.8 Å². The Morgan fingerprint density at radius 3 is 2.71 bits per heavy atom. The van der Waals surface area contributed by atoms with Crippen molar-refractivity contribution < 1.29 is 27.1 Å². The summed E-state index contributed by atoms with van der Waals surface area (Å²) in [7, 11) is -2.49. The lowest BCUT2D eigenvalue weighted by atomic mass is 10.2. The quantitative estimate of drug-likeness (QED) is 0.737. The van der Waals surface area contributed by atoms with E-state index in [0.717, 1.165) is 12.1 Å². The van der Waals surface area contributed by atoms with Gasteiger partial charge in [-0.2, -0.15) is 0 Å². The Bertz CT molecular complexity index is 993. The molecule has 1 unspecified atom stereocenters. The summed E-state index contributed by atoms with van der Waals surface area (Å²) in [4.78, 5) is 12.6. The van der Waals surface area contributed by atoms with Crippen molar-refractivity contribution in [3.63, 3.8) is 0 Å². The fraction of sp³-hybridized carbons (Fsp3) is 0.278. The molecule has 7 nitrogen and oxygen atoms in total. The molecule has 0 bridgehead atoms. The minimum absolute atomic E-state index is 0.00608. The maximum Gasteiger partial charge on any atom is 0.259 e. The second-order valence-electron chi connectivity index (χ2n) is 6.12. The molecule has 1 atom stereocenters. The van der Waals surface area contributed by atoms with Gasteiger partial charge in [0.05, 0.1) is 34.9 Å². The number of rotatable bonds is 6. The minimum atomic E-state index is -3.85. The van der Waals surface area contributed by atoms with E-state index >= 15 is 0 Å². The first-order valence-corrected chi connectivity index (χ1v) is 10.2. The van der Waals surface area contributed by atoms with Gasteiger partial charge in [-0.25, -0.2) is 17.5 Å². The highest BCUT2D eigenvalue weighted by atomic mass is 35.5. The molecular formula is C18H18ClFN2O5S. The van der Waals surface area contributed by atoms with Crippen molar-refractivity contribution in [1.82, 2.24) is 4.72 Å². The largest absolute Gasteiger partial charge is 0.496 e. The van der Waals surface area contributed by atoms with Gasteiger partial charge in [0.15, 0.2) is 0 Å². The van der Waals surface area contributed by atoms with Crippen LogP contribution in [0.1, 0.15) is 16.8 Å². The summed E-state index contributed by atoms with van der Waals surface area (Å²) >= 11 is 5.93. The molecule has 0 aromatic heterocycles. The van der Waals surface area contributed by atoms with E-state index in [-0.39, 0.29) is 33.0 Å². The molecule has 0 spiro atoms.